The molecule has 0 spiro atoms. The van der Waals surface area contributed by atoms with Crippen LogP contribution in [0.3, 0.4) is 0 Å². The van der Waals surface area contributed by atoms with E-state index >= 15 is 0 Å². The van der Waals surface area contributed by atoms with Crippen LogP contribution in [0.1, 0.15) is 290 Å². The van der Waals surface area contributed by atoms with Crippen LogP contribution in [0.25, 0.3) is 0 Å². The highest BCUT2D eigenvalue weighted by Gasteiger charge is 2.19. The van der Waals surface area contributed by atoms with Crippen LogP contribution in [0.2, 0.25) is 0 Å². The molecule has 0 aliphatic rings. The van der Waals surface area contributed by atoms with Crippen molar-refractivity contribution >= 4 is 17.9 Å². The summed E-state index contributed by atoms with van der Waals surface area (Å²) in [5, 5.41) is 0. The topological polar surface area (TPSA) is 78.9 Å². The largest absolute Gasteiger partial charge is 0.462 e. The standard InChI is InChI=1S/C77H124O6/c1-4-7-10-13-16-19-22-24-26-28-30-32-33-34-35-36-37-38-39-40-41-42-43-45-46-48-50-52-55-58-61-64-67-70-76(79)82-73-74(72-81-75(78)69-66-63-60-57-54-21-18-15-12-9-6-3)83-77(80)71-68-65-62-59-56-53-51-49-47-44-31-29-27-25-23-20-17-14-11-8-5-2/h7,10,15-16,18-19,23-26,29-32,34-35,37-38,40-41,43,45,48,50,55,58,74H,4-6,8-9,11-14,17,20-22,27-28,33,36,39,42,44,46-47,49,51-54,56-57,59-73H2,1-3H3/b10-7-,18-15-,19-16-,25-23-,26-24-,31-29-,32-30-,35-34-,38-37-,41-40-,45-43-,50-48-,58-55-. The van der Waals surface area contributed by atoms with Crippen LogP contribution in [0.4, 0.5) is 0 Å². The Bertz CT molecular complexity index is 1840. The van der Waals surface area contributed by atoms with Crippen molar-refractivity contribution in [3.63, 3.8) is 0 Å². The molecule has 0 fully saturated rings. The van der Waals surface area contributed by atoms with Gasteiger partial charge in [-0.15, -0.1) is 0 Å². The molecule has 0 aromatic heterocycles. The zero-order chi connectivity index (χ0) is 59.9. The lowest BCUT2D eigenvalue weighted by atomic mass is 10.1. The van der Waals surface area contributed by atoms with Gasteiger partial charge in [-0.3, -0.25) is 14.4 Å². The summed E-state index contributed by atoms with van der Waals surface area (Å²) in [6.45, 7) is 6.43. The van der Waals surface area contributed by atoms with Gasteiger partial charge in [-0.05, 0) is 148 Å². The third-order valence-corrected chi connectivity index (χ3v) is 14.0. The predicted octanol–water partition coefficient (Wildman–Crippen LogP) is 23.7. The lowest BCUT2D eigenvalue weighted by Crippen LogP contribution is -2.30. The van der Waals surface area contributed by atoms with Crippen molar-refractivity contribution in [1.29, 1.82) is 0 Å². The lowest BCUT2D eigenvalue weighted by molar-refractivity contribution is -0.167. The molecule has 0 radical (unpaired) electrons. The molecule has 0 amide bonds. The van der Waals surface area contributed by atoms with Gasteiger partial charge in [-0.25, -0.2) is 0 Å². The highest BCUT2D eigenvalue weighted by atomic mass is 16.6. The Balaban J connectivity index is 4.37. The first-order valence-electron chi connectivity index (χ1n) is 34.0. The average Bonchev–Trinajstić information content (AvgIpc) is 3.48. The van der Waals surface area contributed by atoms with E-state index < -0.39 is 6.10 Å². The van der Waals surface area contributed by atoms with Gasteiger partial charge in [0.1, 0.15) is 13.2 Å². The summed E-state index contributed by atoms with van der Waals surface area (Å²) in [5.74, 6) is -0.962. The Morgan fingerprint density at radius 2 is 0.482 bits per heavy atom. The summed E-state index contributed by atoms with van der Waals surface area (Å²) < 4.78 is 16.9. The molecule has 0 aliphatic heterocycles. The van der Waals surface area contributed by atoms with Gasteiger partial charge in [0.15, 0.2) is 6.10 Å². The third kappa shape index (κ3) is 67.7. The molecule has 468 valence electrons. The van der Waals surface area contributed by atoms with Crippen molar-refractivity contribution in [2.45, 2.75) is 297 Å². The van der Waals surface area contributed by atoms with Gasteiger partial charge in [0.25, 0.3) is 0 Å². The first kappa shape index (κ1) is 78.0. The zero-order valence-electron chi connectivity index (χ0n) is 53.7. The second kappa shape index (κ2) is 69.5. The molecule has 0 heterocycles. The highest BCUT2D eigenvalue weighted by molar-refractivity contribution is 5.71. The molecule has 0 N–H and O–H groups in total. The second-order valence-corrected chi connectivity index (χ2v) is 22.0. The van der Waals surface area contributed by atoms with E-state index in [1.165, 1.54) is 109 Å². The monoisotopic (exact) mass is 1140 g/mol. The fourth-order valence-corrected chi connectivity index (χ4v) is 8.89. The Hall–Kier alpha value is -4.97. The van der Waals surface area contributed by atoms with Crippen LogP contribution in [-0.4, -0.2) is 37.2 Å². The van der Waals surface area contributed by atoms with Gasteiger partial charge in [-0.2, -0.15) is 0 Å². The number of carbonyl (C=O) groups excluding carboxylic acids is 3. The number of unbranched alkanes of at least 4 members (excludes halogenated alkanes) is 23. The summed E-state index contributed by atoms with van der Waals surface area (Å²) in [4.78, 5) is 38.3. The highest BCUT2D eigenvalue weighted by Crippen LogP contribution is 2.15. The number of hydrogen-bond acceptors (Lipinski definition) is 6. The van der Waals surface area contributed by atoms with E-state index in [4.69, 9.17) is 14.2 Å². The molecular weight excluding hydrogens is 1020 g/mol. The van der Waals surface area contributed by atoms with E-state index in [2.05, 4.69) is 179 Å². The lowest BCUT2D eigenvalue weighted by Gasteiger charge is -2.18. The zero-order valence-corrected chi connectivity index (χ0v) is 53.7. The maximum Gasteiger partial charge on any atom is 0.306 e. The minimum absolute atomic E-state index is 0.103. The molecule has 0 bridgehead atoms. The van der Waals surface area contributed by atoms with Crippen LogP contribution in [-0.2, 0) is 28.6 Å². The van der Waals surface area contributed by atoms with Crippen LogP contribution < -0.4 is 0 Å². The molecule has 1 unspecified atom stereocenters. The van der Waals surface area contributed by atoms with Crippen molar-refractivity contribution in [3.05, 3.63) is 158 Å². The summed E-state index contributed by atoms with van der Waals surface area (Å²) in [6, 6.07) is 0. The van der Waals surface area contributed by atoms with Gasteiger partial charge < -0.3 is 14.2 Å². The molecule has 6 nitrogen and oxygen atoms in total. The van der Waals surface area contributed by atoms with Gasteiger partial charge in [0, 0.05) is 19.3 Å². The van der Waals surface area contributed by atoms with E-state index in [-0.39, 0.29) is 31.1 Å². The van der Waals surface area contributed by atoms with Crippen molar-refractivity contribution < 1.29 is 28.6 Å². The van der Waals surface area contributed by atoms with Crippen LogP contribution >= 0.6 is 0 Å². The Morgan fingerprint density at radius 3 is 0.807 bits per heavy atom. The first-order chi connectivity index (χ1) is 41.0. The Morgan fingerprint density at radius 1 is 0.253 bits per heavy atom. The van der Waals surface area contributed by atoms with Crippen molar-refractivity contribution in [3.8, 4) is 0 Å². The molecule has 0 saturated heterocycles. The smallest absolute Gasteiger partial charge is 0.306 e. The number of allylic oxidation sites excluding steroid dienone is 26. The quantitative estimate of drug-likeness (QED) is 0.0261. The molecule has 1 atom stereocenters. The Labute approximate surface area is 511 Å². The molecule has 0 aromatic rings. The van der Waals surface area contributed by atoms with Crippen molar-refractivity contribution in [2.24, 2.45) is 0 Å². The molecule has 6 heteroatoms. The van der Waals surface area contributed by atoms with Gasteiger partial charge in [-0.1, -0.05) is 281 Å². The average molecular weight is 1150 g/mol. The Kier molecular flexibility index (Phi) is 65.4. The number of esters is 3. The van der Waals surface area contributed by atoms with E-state index in [0.29, 0.717) is 25.7 Å². The van der Waals surface area contributed by atoms with Gasteiger partial charge in [0.2, 0.25) is 0 Å². The van der Waals surface area contributed by atoms with Gasteiger partial charge >= 0.3 is 17.9 Å². The fourth-order valence-electron chi connectivity index (χ4n) is 8.89. The number of rotatable bonds is 60. The number of ether oxygens (including phenoxy) is 3. The normalized spacial score (nSPS) is 13.1. The molecule has 83 heavy (non-hydrogen) atoms. The SMILES string of the molecule is CC/C=C\C/C=C\C/C=C\C/C=C\C/C=C\C/C=C\C/C=C\C/C=C\C/C=C\C/C=C\CCCCC(=O)OCC(COC(=O)CCCCCCC/C=C\CCCC)OC(=O)CCCCCCCCCCC/C=C\C/C=C\CCCCCCC. The first-order valence-corrected chi connectivity index (χ1v) is 34.0. The molecule has 0 aliphatic carbocycles. The third-order valence-electron chi connectivity index (χ3n) is 14.0. The van der Waals surface area contributed by atoms with E-state index in [1.54, 1.807) is 0 Å². The van der Waals surface area contributed by atoms with Crippen LogP contribution in [0, 0.1) is 0 Å². The van der Waals surface area contributed by atoms with E-state index in [1.807, 2.05) is 0 Å². The maximum atomic E-state index is 12.9. The van der Waals surface area contributed by atoms with Crippen molar-refractivity contribution in [2.75, 3.05) is 13.2 Å². The fraction of sp³-hybridized carbons (Fsp3) is 0.623. The molecule has 0 rings (SSSR count). The number of carbonyl (C=O) groups is 3. The van der Waals surface area contributed by atoms with Gasteiger partial charge in [0.05, 0.1) is 0 Å². The molecular formula is C77H124O6. The maximum absolute atomic E-state index is 12.9. The van der Waals surface area contributed by atoms with E-state index in [9.17, 15) is 14.4 Å². The van der Waals surface area contributed by atoms with Crippen LogP contribution in [0.15, 0.2) is 158 Å². The minimum atomic E-state index is -0.809. The predicted molar refractivity (Wildman–Crippen MR) is 362 cm³/mol. The van der Waals surface area contributed by atoms with Crippen molar-refractivity contribution in [1.82, 2.24) is 0 Å². The summed E-state index contributed by atoms with van der Waals surface area (Å²) >= 11 is 0. The second-order valence-electron chi connectivity index (χ2n) is 22.0. The summed E-state index contributed by atoms with van der Waals surface area (Å²) in [6.07, 6.45) is 101. The number of hydrogen-bond donors (Lipinski definition) is 0. The summed E-state index contributed by atoms with van der Waals surface area (Å²) in [7, 11) is 0. The molecule has 0 saturated carbocycles. The van der Waals surface area contributed by atoms with Crippen LogP contribution in [0.5, 0.6) is 0 Å². The summed E-state index contributed by atoms with van der Waals surface area (Å²) in [5.41, 5.74) is 0. The van der Waals surface area contributed by atoms with E-state index in [0.717, 1.165) is 135 Å². The minimum Gasteiger partial charge on any atom is -0.462 e. The molecule has 0 aromatic carbocycles.